The van der Waals surface area contributed by atoms with Crippen molar-refractivity contribution in [1.29, 1.82) is 0 Å². The van der Waals surface area contributed by atoms with Crippen LogP contribution in [0.3, 0.4) is 0 Å². The Morgan fingerprint density at radius 1 is 1.16 bits per heavy atom. The first-order chi connectivity index (χ1) is 9.24. The van der Waals surface area contributed by atoms with E-state index in [4.69, 9.17) is 0 Å². The molecule has 19 heavy (non-hydrogen) atoms. The van der Waals surface area contributed by atoms with Gasteiger partial charge < -0.3 is 16.0 Å². The van der Waals surface area contributed by atoms with E-state index in [0.29, 0.717) is 6.41 Å². The lowest BCUT2D eigenvalue weighted by Crippen LogP contribution is -2.39. The molecule has 0 unspecified atom stereocenters. The van der Waals surface area contributed by atoms with Crippen molar-refractivity contribution in [2.75, 3.05) is 31.5 Å². The highest BCUT2D eigenvalue weighted by molar-refractivity contribution is 5.71. The van der Waals surface area contributed by atoms with Crippen LogP contribution in [0.4, 0.5) is 5.69 Å². The Kier molecular flexibility index (Phi) is 12.1. The minimum Gasteiger partial charge on any atom is -0.329 e. The van der Waals surface area contributed by atoms with Gasteiger partial charge in [-0.25, -0.2) is 0 Å². The summed E-state index contributed by atoms with van der Waals surface area (Å²) in [6, 6.07) is 7.65. The molecule has 1 aromatic carbocycles. The fourth-order valence-corrected chi connectivity index (χ4v) is 1.41. The zero-order valence-corrected chi connectivity index (χ0v) is 12.3. The summed E-state index contributed by atoms with van der Waals surface area (Å²) in [4.78, 5) is 9.97. The van der Waals surface area contributed by atoms with Gasteiger partial charge in [0.15, 0.2) is 0 Å². The SMILES string of the molecule is C1CNCCN1.CCC.Cc1cccc(NC=O)c1. The molecule has 0 bridgehead atoms. The van der Waals surface area contributed by atoms with E-state index in [9.17, 15) is 4.79 Å². The number of hydrogen-bond acceptors (Lipinski definition) is 3. The third-order valence-corrected chi connectivity index (χ3v) is 2.20. The summed E-state index contributed by atoms with van der Waals surface area (Å²) in [5.41, 5.74) is 1.99. The second kappa shape index (κ2) is 13.1. The molecule has 4 nitrogen and oxygen atoms in total. The molecule has 0 radical (unpaired) electrons. The van der Waals surface area contributed by atoms with Crippen LogP contribution >= 0.6 is 0 Å². The van der Waals surface area contributed by atoms with Crippen LogP contribution in [-0.4, -0.2) is 32.6 Å². The lowest BCUT2D eigenvalue weighted by molar-refractivity contribution is -0.105. The van der Waals surface area contributed by atoms with Crippen molar-refractivity contribution in [1.82, 2.24) is 10.6 Å². The summed E-state index contributed by atoms with van der Waals surface area (Å²) in [6.45, 7) is 10.8. The van der Waals surface area contributed by atoms with E-state index in [1.54, 1.807) is 0 Å². The molecule has 1 aliphatic heterocycles. The van der Waals surface area contributed by atoms with Crippen LogP contribution in [0.25, 0.3) is 0 Å². The predicted octanol–water partition coefficient (Wildman–Crippen LogP) is 2.16. The number of nitrogens with one attached hydrogen (secondary N) is 3. The van der Waals surface area contributed by atoms with Crippen molar-refractivity contribution in [2.45, 2.75) is 27.2 Å². The van der Waals surface area contributed by atoms with Crippen molar-refractivity contribution in [2.24, 2.45) is 0 Å². The number of rotatable bonds is 2. The van der Waals surface area contributed by atoms with Gasteiger partial charge in [-0.05, 0) is 24.6 Å². The molecule has 4 heteroatoms. The van der Waals surface area contributed by atoms with Crippen molar-refractivity contribution in [3.8, 4) is 0 Å². The van der Waals surface area contributed by atoms with Crippen LogP contribution in [0.15, 0.2) is 24.3 Å². The summed E-state index contributed by atoms with van der Waals surface area (Å²) < 4.78 is 0. The number of carbonyl (C=O) groups excluding carboxylic acids is 1. The molecule has 0 aromatic heterocycles. The zero-order valence-electron chi connectivity index (χ0n) is 12.3. The van der Waals surface area contributed by atoms with Crippen LogP contribution in [0.2, 0.25) is 0 Å². The zero-order chi connectivity index (χ0) is 14.3. The summed E-state index contributed by atoms with van der Waals surface area (Å²) in [6.07, 6.45) is 1.93. The van der Waals surface area contributed by atoms with Crippen LogP contribution in [0.1, 0.15) is 25.8 Å². The van der Waals surface area contributed by atoms with Gasteiger partial charge in [0.05, 0.1) is 0 Å². The fraction of sp³-hybridized carbons (Fsp3) is 0.533. The van der Waals surface area contributed by atoms with E-state index in [1.807, 2.05) is 31.2 Å². The van der Waals surface area contributed by atoms with Crippen molar-refractivity contribution >= 4 is 12.1 Å². The highest BCUT2D eigenvalue weighted by Gasteiger charge is 1.91. The van der Waals surface area contributed by atoms with E-state index in [0.717, 1.165) is 37.4 Å². The van der Waals surface area contributed by atoms with Crippen LogP contribution in [0, 0.1) is 6.92 Å². The number of carbonyl (C=O) groups is 1. The molecule has 2 rings (SSSR count). The minimum atomic E-state index is 0.675. The second-order valence-electron chi connectivity index (χ2n) is 4.34. The second-order valence-corrected chi connectivity index (χ2v) is 4.34. The Balaban J connectivity index is 0.000000306. The lowest BCUT2D eigenvalue weighted by atomic mass is 10.2. The number of aryl methyl sites for hydroxylation is 1. The van der Waals surface area contributed by atoms with Crippen LogP contribution in [0.5, 0.6) is 0 Å². The predicted molar refractivity (Wildman–Crippen MR) is 82.6 cm³/mol. The fourth-order valence-electron chi connectivity index (χ4n) is 1.41. The van der Waals surface area contributed by atoms with Gasteiger partial charge in [0, 0.05) is 31.9 Å². The summed E-state index contributed by atoms with van der Waals surface area (Å²) in [5.74, 6) is 0. The molecule has 1 heterocycles. The number of hydrogen-bond donors (Lipinski definition) is 3. The summed E-state index contributed by atoms with van der Waals surface area (Å²) in [5, 5.41) is 9.01. The van der Waals surface area contributed by atoms with E-state index >= 15 is 0 Å². The Bertz CT molecular complexity index is 313. The third kappa shape index (κ3) is 11.4. The molecule has 0 saturated carbocycles. The Hall–Kier alpha value is -1.39. The van der Waals surface area contributed by atoms with E-state index in [1.165, 1.54) is 6.42 Å². The quantitative estimate of drug-likeness (QED) is 0.718. The standard InChI is InChI=1S/C8H9NO.C4H10N2.C3H8/c1-7-3-2-4-8(5-7)9-6-10;1-2-6-4-3-5-1;1-3-2/h2-6H,1H3,(H,9,10);5-6H,1-4H2;3H2,1-2H3. The summed E-state index contributed by atoms with van der Waals surface area (Å²) in [7, 11) is 0. The first-order valence-corrected chi connectivity index (χ1v) is 6.92. The van der Waals surface area contributed by atoms with Crippen molar-refractivity contribution < 1.29 is 4.79 Å². The van der Waals surface area contributed by atoms with E-state index < -0.39 is 0 Å². The maximum Gasteiger partial charge on any atom is 0.211 e. The molecule has 0 atom stereocenters. The van der Waals surface area contributed by atoms with Gasteiger partial charge >= 0.3 is 0 Å². The Morgan fingerprint density at radius 2 is 1.68 bits per heavy atom. The molecule has 108 valence electrons. The van der Waals surface area contributed by atoms with Gasteiger partial charge in [0.25, 0.3) is 0 Å². The first-order valence-electron chi connectivity index (χ1n) is 6.92. The molecular weight excluding hydrogens is 238 g/mol. The topological polar surface area (TPSA) is 53.2 Å². The normalized spacial score (nSPS) is 13.2. The maximum absolute atomic E-state index is 9.97. The van der Waals surface area contributed by atoms with E-state index in [2.05, 4.69) is 29.8 Å². The number of benzene rings is 1. The van der Waals surface area contributed by atoms with Crippen LogP contribution < -0.4 is 16.0 Å². The minimum absolute atomic E-state index is 0.675. The number of anilines is 1. The van der Waals surface area contributed by atoms with E-state index in [-0.39, 0.29) is 0 Å². The molecule has 3 N–H and O–H groups in total. The highest BCUT2D eigenvalue weighted by Crippen LogP contribution is 2.07. The van der Waals surface area contributed by atoms with Crippen molar-refractivity contribution in [3.63, 3.8) is 0 Å². The first kappa shape index (κ1) is 17.6. The van der Waals surface area contributed by atoms with Gasteiger partial charge in [0.2, 0.25) is 6.41 Å². The lowest BCUT2D eigenvalue weighted by Gasteiger charge is -2.11. The molecule has 1 saturated heterocycles. The van der Waals surface area contributed by atoms with Gasteiger partial charge in [-0.3, -0.25) is 4.79 Å². The van der Waals surface area contributed by atoms with Gasteiger partial charge in [-0.2, -0.15) is 0 Å². The number of piperazine rings is 1. The number of amides is 1. The van der Waals surface area contributed by atoms with Gasteiger partial charge in [-0.1, -0.05) is 32.4 Å². The maximum atomic E-state index is 9.97. The molecule has 0 aliphatic carbocycles. The van der Waals surface area contributed by atoms with Gasteiger partial charge in [-0.15, -0.1) is 0 Å². The summed E-state index contributed by atoms with van der Waals surface area (Å²) >= 11 is 0. The molecule has 1 aromatic rings. The third-order valence-electron chi connectivity index (χ3n) is 2.20. The molecule has 0 spiro atoms. The largest absolute Gasteiger partial charge is 0.329 e. The Labute approximate surface area is 117 Å². The molecular formula is C15H27N3O. The Morgan fingerprint density at radius 3 is 2.05 bits per heavy atom. The average molecular weight is 265 g/mol. The molecule has 1 aliphatic rings. The highest BCUT2D eigenvalue weighted by atomic mass is 16.1. The molecule has 1 amide bonds. The van der Waals surface area contributed by atoms with Crippen molar-refractivity contribution in [3.05, 3.63) is 29.8 Å². The monoisotopic (exact) mass is 265 g/mol. The smallest absolute Gasteiger partial charge is 0.211 e. The average Bonchev–Trinajstić information content (AvgIpc) is 2.43. The van der Waals surface area contributed by atoms with Gasteiger partial charge in [0.1, 0.15) is 0 Å². The molecule has 1 fully saturated rings. The van der Waals surface area contributed by atoms with Crippen LogP contribution in [-0.2, 0) is 4.79 Å².